The second-order valence-electron chi connectivity index (χ2n) is 5.39. The van der Waals surface area contributed by atoms with Crippen LogP contribution in [0.3, 0.4) is 0 Å². The van der Waals surface area contributed by atoms with Gasteiger partial charge in [-0.25, -0.2) is 4.98 Å². The second-order valence-corrected chi connectivity index (χ2v) is 5.39. The highest BCUT2D eigenvalue weighted by Crippen LogP contribution is 2.12. The molecule has 0 aliphatic rings. The molecule has 2 aromatic rings. The maximum absolute atomic E-state index is 12.0. The lowest BCUT2D eigenvalue weighted by molar-refractivity contribution is 0.626. The molecule has 0 saturated carbocycles. The summed E-state index contributed by atoms with van der Waals surface area (Å²) >= 11 is 0. The Bertz CT molecular complexity index is 593. The number of H-pyrrole nitrogens is 2. The van der Waals surface area contributed by atoms with Gasteiger partial charge in [-0.2, -0.15) is 4.98 Å². The van der Waals surface area contributed by atoms with E-state index in [1.807, 2.05) is 0 Å². The Morgan fingerprint density at radius 3 is 2.38 bits per heavy atom. The number of rotatable bonds is 9. The van der Waals surface area contributed by atoms with Gasteiger partial charge in [0, 0.05) is 13.1 Å². The van der Waals surface area contributed by atoms with E-state index in [2.05, 4.69) is 38.7 Å². The Morgan fingerprint density at radius 2 is 1.76 bits per heavy atom. The largest absolute Gasteiger partial charge is 0.342 e. The molecule has 21 heavy (non-hydrogen) atoms. The number of aromatic nitrogens is 4. The van der Waals surface area contributed by atoms with Crippen LogP contribution < -0.4 is 10.5 Å². The number of aromatic amines is 2. The molecule has 6 heteroatoms. The van der Waals surface area contributed by atoms with Gasteiger partial charge >= 0.3 is 0 Å². The molecule has 0 spiro atoms. The Hall–Kier alpha value is -1.85. The molecule has 2 N–H and O–H groups in total. The van der Waals surface area contributed by atoms with Crippen LogP contribution in [0.1, 0.15) is 52.4 Å². The molecule has 0 amide bonds. The third-order valence-electron chi connectivity index (χ3n) is 3.65. The zero-order valence-corrected chi connectivity index (χ0v) is 13.0. The molecular weight excluding hydrogens is 266 g/mol. The SMILES string of the molecule is CCCCCN(CCCCC)c1nc2nc[nH]c2c(=O)[nH]1. The Morgan fingerprint density at radius 1 is 1.10 bits per heavy atom. The maximum Gasteiger partial charge on any atom is 0.278 e. The van der Waals surface area contributed by atoms with Crippen LogP contribution in [0.4, 0.5) is 5.95 Å². The Labute approximate surface area is 125 Å². The van der Waals surface area contributed by atoms with Crippen LogP contribution in [-0.4, -0.2) is 33.0 Å². The molecule has 0 bridgehead atoms. The summed E-state index contributed by atoms with van der Waals surface area (Å²) < 4.78 is 0. The predicted octanol–water partition coefficient (Wildman–Crippen LogP) is 2.83. The summed E-state index contributed by atoms with van der Waals surface area (Å²) in [6.45, 7) is 6.24. The van der Waals surface area contributed by atoms with E-state index < -0.39 is 0 Å². The van der Waals surface area contributed by atoms with Crippen molar-refractivity contribution in [2.24, 2.45) is 0 Å². The molecule has 6 nitrogen and oxygen atoms in total. The summed E-state index contributed by atoms with van der Waals surface area (Å²) in [5.41, 5.74) is 0.786. The summed E-state index contributed by atoms with van der Waals surface area (Å²) in [6, 6.07) is 0. The summed E-state index contributed by atoms with van der Waals surface area (Å²) in [6.07, 6.45) is 8.50. The minimum absolute atomic E-state index is 0.150. The van der Waals surface area contributed by atoms with Crippen molar-refractivity contribution < 1.29 is 0 Å². The van der Waals surface area contributed by atoms with Crippen LogP contribution in [-0.2, 0) is 0 Å². The standard InChI is InChI=1S/C15H25N5O/c1-3-5-7-9-20(10-8-6-4-2)15-18-13-12(14(21)19-15)16-11-17-13/h11H,3-10H2,1-2H3,(H2,16,17,18,19,21). The maximum atomic E-state index is 12.0. The lowest BCUT2D eigenvalue weighted by Crippen LogP contribution is -2.29. The van der Waals surface area contributed by atoms with E-state index in [0.717, 1.165) is 25.9 Å². The zero-order valence-electron chi connectivity index (χ0n) is 13.0. The highest BCUT2D eigenvalue weighted by Gasteiger charge is 2.12. The van der Waals surface area contributed by atoms with Crippen molar-refractivity contribution in [2.45, 2.75) is 52.4 Å². The van der Waals surface area contributed by atoms with Crippen LogP contribution in [0.25, 0.3) is 11.2 Å². The quantitative estimate of drug-likeness (QED) is 0.696. The van der Waals surface area contributed by atoms with Crippen LogP contribution in [0.2, 0.25) is 0 Å². The summed E-state index contributed by atoms with van der Waals surface area (Å²) in [4.78, 5) is 28.5. The zero-order chi connectivity index (χ0) is 15.1. The predicted molar refractivity (Wildman–Crippen MR) is 85.8 cm³/mol. The van der Waals surface area contributed by atoms with Gasteiger partial charge in [-0.15, -0.1) is 0 Å². The number of anilines is 1. The fourth-order valence-electron chi connectivity index (χ4n) is 2.41. The lowest BCUT2D eigenvalue weighted by Gasteiger charge is -2.22. The molecule has 0 fully saturated rings. The third kappa shape index (κ3) is 4.06. The fourth-order valence-corrected chi connectivity index (χ4v) is 2.41. The normalized spacial score (nSPS) is 11.1. The van der Waals surface area contributed by atoms with Gasteiger partial charge in [-0.1, -0.05) is 39.5 Å². The third-order valence-corrected chi connectivity index (χ3v) is 3.65. The second kappa shape index (κ2) is 7.81. The Balaban J connectivity index is 2.17. The fraction of sp³-hybridized carbons (Fsp3) is 0.667. The molecule has 0 saturated heterocycles. The smallest absolute Gasteiger partial charge is 0.278 e. The highest BCUT2D eigenvalue weighted by atomic mass is 16.1. The molecule has 0 aliphatic carbocycles. The average Bonchev–Trinajstić information content (AvgIpc) is 2.95. The number of fused-ring (bicyclic) bond motifs is 1. The molecule has 0 aliphatic heterocycles. The molecule has 2 heterocycles. The van der Waals surface area contributed by atoms with Crippen LogP contribution in [0.15, 0.2) is 11.1 Å². The van der Waals surface area contributed by atoms with Crippen molar-refractivity contribution in [1.29, 1.82) is 0 Å². The van der Waals surface area contributed by atoms with Gasteiger partial charge in [0.2, 0.25) is 5.95 Å². The van der Waals surface area contributed by atoms with Gasteiger partial charge in [0.25, 0.3) is 5.56 Å². The summed E-state index contributed by atoms with van der Waals surface area (Å²) in [7, 11) is 0. The van der Waals surface area contributed by atoms with Gasteiger partial charge in [0.05, 0.1) is 6.33 Å². The van der Waals surface area contributed by atoms with E-state index in [1.54, 1.807) is 0 Å². The molecule has 116 valence electrons. The first-order chi connectivity index (χ1) is 10.3. The van der Waals surface area contributed by atoms with Crippen molar-refractivity contribution in [2.75, 3.05) is 18.0 Å². The van der Waals surface area contributed by atoms with Crippen molar-refractivity contribution in [1.82, 2.24) is 19.9 Å². The van der Waals surface area contributed by atoms with Gasteiger partial charge in [0.15, 0.2) is 11.2 Å². The number of unbranched alkanes of at least 4 members (excludes halogenated alkanes) is 4. The minimum Gasteiger partial charge on any atom is -0.342 e. The monoisotopic (exact) mass is 291 g/mol. The summed E-state index contributed by atoms with van der Waals surface area (Å²) in [5, 5.41) is 0. The van der Waals surface area contributed by atoms with Crippen molar-refractivity contribution in [3.63, 3.8) is 0 Å². The molecule has 2 aromatic heterocycles. The van der Waals surface area contributed by atoms with E-state index in [0.29, 0.717) is 17.1 Å². The van der Waals surface area contributed by atoms with Gasteiger partial charge in [0.1, 0.15) is 0 Å². The summed E-state index contributed by atoms with van der Waals surface area (Å²) in [5.74, 6) is 0.645. The number of nitrogens with zero attached hydrogens (tertiary/aromatic N) is 3. The average molecular weight is 291 g/mol. The van der Waals surface area contributed by atoms with E-state index in [4.69, 9.17) is 0 Å². The van der Waals surface area contributed by atoms with Gasteiger partial charge in [-0.05, 0) is 12.8 Å². The van der Waals surface area contributed by atoms with Gasteiger partial charge in [-0.3, -0.25) is 9.78 Å². The van der Waals surface area contributed by atoms with Crippen LogP contribution in [0.5, 0.6) is 0 Å². The molecule has 0 atom stereocenters. The number of nitrogens with one attached hydrogen (secondary N) is 2. The molecule has 0 aromatic carbocycles. The molecule has 0 unspecified atom stereocenters. The van der Waals surface area contributed by atoms with Gasteiger partial charge < -0.3 is 9.88 Å². The lowest BCUT2D eigenvalue weighted by atomic mass is 10.2. The van der Waals surface area contributed by atoms with E-state index >= 15 is 0 Å². The molecule has 2 rings (SSSR count). The molecule has 0 radical (unpaired) electrons. The first kappa shape index (κ1) is 15.5. The van der Waals surface area contributed by atoms with Crippen molar-refractivity contribution >= 4 is 17.1 Å². The topological polar surface area (TPSA) is 77.7 Å². The van der Waals surface area contributed by atoms with Crippen molar-refractivity contribution in [3.05, 3.63) is 16.7 Å². The highest BCUT2D eigenvalue weighted by molar-refractivity contribution is 5.69. The minimum atomic E-state index is -0.150. The van der Waals surface area contributed by atoms with E-state index in [1.165, 1.54) is 32.0 Å². The van der Waals surface area contributed by atoms with Crippen LogP contribution >= 0.6 is 0 Å². The Kier molecular flexibility index (Phi) is 5.78. The van der Waals surface area contributed by atoms with Crippen molar-refractivity contribution in [3.8, 4) is 0 Å². The number of hydrogen-bond acceptors (Lipinski definition) is 4. The first-order valence-electron chi connectivity index (χ1n) is 7.94. The molecular formula is C15H25N5O. The van der Waals surface area contributed by atoms with E-state index in [9.17, 15) is 4.79 Å². The first-order valence-corrected chi connectivity index (χ1v) is 7.94. The van der Waals surface area contributed by atoms with Crippen LogP contribution in [0, 0.1) is 0 Å². The number of imidazole rings is 1. The number of hydrogen-bond donors (Lipinski definition) is 2. The van der Waals surface area contributed by atoms with E-state index in [-0.39, 0.29) is 5.56 Å².